The molecular weight excluding hydrogens is 358 g/mol. The van der Waals surface area contributed by atoms with Gasteiger partial charge in [-0.1, -0.05) is 0 Å². The first-order valence-electron chi connectivity index (χ1n) is 8.19. The highest BCUT2D eigenvalue weighted by Crippen LogP contribution is 2.29. The number of ether oxygens (including phenoxy) is 2. The van der Waals surface area contributed by atoms with Gasteiger partial charge in [0.1, 0.15) is 11.6 Å². The third kappa shape index (κ3) is 5.67. The van der Waals surface area contributed by atoms with Gasteiger partial charge < -0.3 is 20.1 Å². The minimum Gasteiger partial charge on any atom is -0.493 e. The molecule has 0 aliphatic rings. The second-order valence-corrected chi connectivity index (χ2v) is 5.60. The van der Waals surface area contributed by atoms with Gasteiger partial charge in [-0.15, -0.1) is 0 Å². The molecule has 0 fully saturated rings. The van der Waals surface area contributed by atoms with Crippen molar-refractivity contribution in [1.29, 1.82) is 0 Å². The largest absolute Gasteiger partial charge is 0.493 e. The molecule has 0 saturated heterocycles. The van der Waals surface area contributed by atoms with Crippen molar-refractivity contribution in [2.24, 2.45) is 0 Å². The molecule has 8 heteroatoms. The number of hydrogen-bond acceptors (Lipinski definition) is 4. The minimum absolute atomic E-state index is 0.153. The van der Waals surface area contributed by atoms with Crippen LogP contribution in [0.4, 0.5) is 14.5 Å². The fourth-order valence-corrected chi connectivity index (χ4v) is 2.36. The normalized spacial score (nSPS) is 10.2. The zero-order valence-corrected chi connectivity index (χ0v) is 15.0. The van der Waals surface area contributed by atoms with Crippen molar-refractivity contribution in [3.8, 4) is 11.5 Å². The van der Waals surface area contributed by atoms with Gasteiger partial charge in [0.25, 0.3) is 5.91 Å². The first-order valence-corrected chi connectivity index (χ1v) is 8.19. The number of hydrogen-bond donors (Lipinski definition) is 2. The number of anilines is 1. The van der Waals surface area contributed by atoms with Crippen molar-refractivity contribution in [2.75, 3.05) is 26.1 Å². The quantitative estimate of drug-likeness (QED) is 0.692. The molecule has 0 unspecified atom stereocenters. The van der Waals surface area contributed by atoms with Gasteiger partial charge in [-0.3, -0.25) is 9.59 Å². The molecule has 2 rings (SSSR count). The molecule has 0 atom stereocenters. The summed E-state index contributed by atoms with van der Waals surface area (Å²) < 4.78 is 36.6. The fourth-order valence-electron chi connectivity index (χ4n) is 2.36. The maximum atomic E-state index is 13.5. The number of methoxy groups -OCH3 is 2. The predicted octanol–water partition coefficient (Wildman–Crippen LogP) is 3.13. The van der Waals surface area contributed by atoms with Gasteiger partial charge in [-0.25, -0.2) is 8.78 Å². The number of rotatable bonds is 8. The number of amides is 2. The van der Waals surface area contributed by atoms with Gasteiger partial charge in [-0.2, -0.15) is 0 Å². The highest BCUT2D eigenvalue weighted by Gasteiger charge is 2.12. The van der Waals surface area contributed by atoms with Crippen LogP contribution in [0.5, 0.6) is 11.5 Å². The lowest BCUT2D eigenvalue weighted by atomic mass is 10.2. The monoisotopic (exact) mass is 378 g/mol. The maximum absolute atomic E-state index is 13.5. The molecule has 144 valence electrons. The van der Waals surface area contributed by atoms with E-state index in [9.17, 15) is 18.4 Å². The SMILES string of the molecule is COc1ccc(NC(=O)CCCNC(=O)c2ccc(F)cc2F)cc1OC. The molecule has 0 aliphatic heterocycles. The fraction of sp³-hybridized carbons (Fsp3) is 0.263. The molecule has 0 radical (unpaired) electrons. The van der Waals surface area contributed by atoms with E-state index in [2.05, 4.69) is 10.6 Å². The molecular formula is C19H20F2N2O4. The first kappa shape index (κ1) is 20.2. The van der Waals surface area contributed by atoms with E-state index in [1.54, 1.807) is 18.2 Å². The van der Waals surface area contributed by atoms with E-state index in [1.165, 1.54) is 14.2 Å². The molecule has 0 aromatic heterocycles. The Balaban J connectivity index is 1.78. The summed E-state index contributed by atoms with van der Waals surface area (Å²) in [6, 6.07) is 7.71. The van der Waals surface area contributed by atoms with Crippen LogP contribution < -0.4 is 20.1 Å². The van der Waals surface area contributed by atoms with E-state index in [0.717, 1.165) is 12.1 Å². The molecule has 2 aromatic carbocycles. The summed E-state index contributed by atoms with van der Waals surface area (Å²) in [5.41, 5.74) is 0.307. The summed E-state index contributed by atoms with van der Waals surface area (Å²) >= 11 is 0. The van der Waals surface area contributed by atoms with E-state index in [4.69, 9.17) is 9.47 Å². The number of carbonyl (C=O) groups excluding carboxylic acids is 2. The average Bonchev–Trinajstić information content (AvgIpc) is 2.64. The lowest BCUT2D eigenvalue weighted by Gasteiger charge is -2.11. The Morgan fingerprint density at radius 2 is 1.74 bits per heavy atom. The van der Waals surface area contributed by atoms with Gasteiger partial charge in [0.2, 0.25) is 5.91 Å². The van der Waals surface area contributed by atoms with Crippen molar-refractivity contribution in [2.45, 2.75) is 12.8 Å². The van der Waals surface area contributed by atoms with Crippen LogP contribution in [-0.4, -0.2) is 32.6 Å². The zero-order chi connectivity index (χ0) is 19.8. The topological polar surface area (TPSA) is 76.7 Å². The van der Waals surface area contributed by atoms with E-state index in [0.29, 0.717) is 29.7 Å². The Labute approximate surface area is 155 Å². The van der Waals surface area contributed by atoms with Gasteiger partial charge >= 0.3 is 0 Å². The molecule has 0 spiro atoms. The molecule has 0 bridgehead atoms. The van der Waals surface area contributed by atoms with Crippen LogP contribution in [0.1, 0.15) is 23.2 Å². The Bertz CT molecular complexity index is 827. The molecule has 0 aliphatic carbocycles. The average molecular weight is 378 g/mol. The molecule has 6 nitrogen and oxygen atoms in total. The van der Waals surface area contributed by atoms with Crippen molar-refractivity contribution >= 4 is 17.5 Å². The number of halogens is 2. The molecule has 0 saturated carbocycles. The first-order chi connectivity index (χ1) is 12.9. The molecule has 0 heterocycles. The van der Waals surface area contributed by atoms with E-state index >= 15 is 0 Å². The van der Waals surface area contributed by atoms with Crippen LogP contribution in [0.3, 0.4) is 0 Å². The molecule has 2 N–H and O–H groups in total. The Morgan fingerprint density at radius 3 is 2.41 bits per heavy atom. The minimum atomic E-state index is -0.932. The zero-order valence-electron chi connectivity index (χ0n) is 15.0. The summed E-state index contributed by atoms with van der Waals surface area (Å²) in [5.74, 6) is -1.55. The van der Waals surface area contributed by atoms with Crippen LogP contribution in [0.2, 0.25) is 0 Å². The van der Waals surface area contributed by atoms with Gasteiger partial charge in [-0.05, 0) is 30.7 Å². The van der Waals surface area contributed by atoms with E-state index in [1.807, 2.05) is 0 Å². The maximum Gasteiger partial charge on any atom is 0.254 e. The highest BCUT2D eigenvalue weighted by molar-refractivity contribution is 5.94. The summed E-state index contributed by atoms with van der Waals surface area (Å²) in [6.07, 6.45) is 0.508. The van der Waals surface area contributed by atoms with Gasteiger partial charge in [0.05, 0.1) is 19.8 Å². The molecule has 27 heavy (non-hydrogen) atoms. The third-order valence-corrected chi connectivity index (χ3v) is 3.71. The van der Waals surface area contributed by atoms with E-state index in [-0.39, 0.29) is 24.4 Å². The summed E-state index contributed by atoms with van der Waals surface area (Å²) in [5, 5.41) is 5.21. The second-order valence-electron chi connectivity index (χ2n) is 5.60. The lowest BCUT2D eigenvalue weighted by molar-refractivity contribution is -0.116. The smallest absolute Gasteiger partial charge is 0.254 e. The number of carbonyl (C=O) groups is 2. The number of nitrogens with one attached hydrogen (secondary N) is 2. The second kappa shape index (κ2) is 9.51. The van der Waals surface area contributed by atoms with Crippen molar-refractivity contribution in [3.05, 3.63) is 53.6 Å². The van der Waals surface area contributed by atoms with Gasteiger partial charge in [0, 0.05) is 30.8 Å². The Morgan fingerprint density at radius 1 is 1.00 bits per heavy atom. The number of benzene rings is 2. The summed E-state index contributed by atoms with van der Waals surface area (Å²) in [7, 11) is 3.01. The van der Waals surface area contributed by atoms with E-state index < -0.39 is 17.5 Å². The van der Waals surface area contributed by atoms with Crippen molar-refractivity contribution in [1.82, 2.24) is 5.32 Å². The van der Waals surface area contributed by atoms with Crippen LogP contribution in [0.25, 0.3) is 0 Å². The third-order valence-electron chi connectivity index (χ3n) is 3.71. The molecule has 2 amide bonds. The standard InChI is InChI=1S/C19H20F2N2O4/c1-26-16-8-6-13(11-17(16)27-2)23-18(24)4-3-9-22-19(25)14-7-5-12(20)10-15(14)21/h5-8,10-11H,3-4,9H2,1-2H3,(H,22,25)(H,23,24). The van der Waals surface area contributed by atoms with Crippen LogP contribution >= 0.6 is 0 Å². The predicted molar refractivity (Wildman–Crippen MR) is 96.1 cm³/mol. The van der Waals surface area contributed by atoms with Gasteiger partial charge in [0.15, 0.2) is 11.5 Å². The van der Waals surface area contributed by atoms with Crippen LogP contribution in [-0.2, 0) is 4.79 Å². The molecule has 2 aromatic rings. The van der Waals surface area contributed by atoms with Crippen molar-refractivity contribution in [3.63, 3.8) is 0 Å². The lowest BCUT2D eigenvalue weighted by Crippen LogP contribution is -2.26. The highest BCUT2D eigenvalue weighted by atomic mass is 19.1. The van der Waals surface area contributed by atoms with Crippen LogP contribution in [0, 0.1) is 11.6 Å². The van der Waals surface area contributed by atoms with Crippen molar-refractivity contribution < 1.29 is 27.8 Å². The van der Waals surface area contributed by atoms with Crippen LogP contribution in [0.15, 0.2) is 36.4 Å². The summed E-state index contributed by atoms with van der Waals surface area (Å²) in [4.78, 5) is 23.8. The Hall–Kier alpha value is -3.16. The summed E-state index contributed by atoms with van der Waals surface area (Å²) in [6.45, 7) is 0.176. The Kier molecular flexibility index (Phi) is 7.10.